The number of hydrogen-bond acceptors (Lipinski definition) is 6. The highest BCUT2D eigenvalue weighted by Gasteiger charge is 2.45. The standard InChI is InChI=1S/C33H41FN6O4/c1-22-10-15-27(29(41)39-18-17-37(30(42)33(39,5)6)25-13-11-23(34)12-14-25)28(19-22)40-21-24(35-36-40)20-26-9-7-8-16-38(26)31(43)44-32(2,3)4/h10-15,19,21,26H,7-9,16-18,20H2,1-6H3. The van der Waals surface area contributed by atoms with Gasteiger partial charge in [-0.15, -0.1) is 5.10 Å². The molecule has 2 saturated heterocycles. The Bertz CT molecular complexity index is 1540. The average molecular weight is 605 g/mol. The van der Waals surface area contributed by atoms with Crippen LogP contribution in [0.2, 0.25) is 0 Å². The second-order valence-electron chi connectivity index (χ2n) is 13.2. The van der Waals surface area contributed by atoms with Gasteiger partial charge in [0, 0.05) is 37.8 Å². The van der Waals surface area contributed by atoms with E-state index in [4.69, 9.17) is 4.74 Å². The smallest absolute Gasteiger partial charge is 0.410 e. The summed E-state index contributed by atoms with van der Waals surface area (Å²) in [4.78, 5) is 45.6. The molecule has 10 nitrogen and oxygen atoms in total. The molecule has 2 aliphatic heterocycles. The fourth-order valence-electron chi connectivity index (χ4n) is 5.93. The summed E-state index contributed by atoms with van der Waals surface area (Å²) < 4.78 is 20.8. The minimum absolute atomic E-state index is 0.0634. The van der Waals surface area contributed by atoms with Gasteiger partial charge in [-0.2, -0.15) is 0 Å². The molecule has 234 valence electrons. The summed E-state index contributed by atoms with van der Waals surface area (Å²) in [7, 11) is 0. The summed E-state index contributed by atoms with van der Waals surface area (Å²) in [6.07, 6.45) is 4.77. The lowest BCUT2D eigenvalue weighted by Gasteiger charge is -2.46. The molecule has 0 saturated carbocycles. The quantitative estimate of drug-likeness (QED) is 0.391. The number of piperazine rings is 1. The third kappa shape index (κ3) is 6.46. The van der Waals surface area contributed by atoms with Crippen LogP contribution in [-0.2, 0) is 16.0 Å². The summed E-state index contributed by atoms with van der Waals surface area (Å²) in [5.74, 6) is -0.920. The molecule has 5 rings (SSSR count). The maximum Gasteiger partial charge on any atom is 0.410 e. The normalized spacial score (nSPS) is 18.8. The number of anilines is 1. The number of nitrogens with zero attached hydrogens (tertiary/aromatic N) is 6. The Kier molecular flexibility index (Phi) is 8.51. The molecule has 1 aromatic heterocycles. The van der Waals surface area contributed by atoms with E-state index in [0.717, 1.165) is 24.8 Å². The molecule has 0 aliphatic carbocycles. The second-order valence-corrected chi connectivity index (χ2v) is 13.2. The number of likely N-dealkylation sites (tertiary alicyclic amines) is 1. The molecule has 2 aromatic carbocycles. The maximum atomic E-state index is 14.1. The first-order valence-electron chi connectivity index (χ1n) is 15.2. The number of carbonyl (C=O) groups excluding carboxylic acids is 3. The number of aromatic nitrogens is 3. The molecule has 3 amide bonds. The van der Waals surface area contributed by atoms with Crippen molar-refractivity contribution in [3.05, 3.63) is 71.3 Å². The van der Waals surface area contributed by atoms with E-state index >= 15 is 0 Å². The second kappa shape index (κ2) is 12.0. The van der Waals surface area contributed by atoms with Crippen LogP contribution in [0, 0.1) is 12.7 Å². The van der Waals surface area contributed by atoms with Gasteiger partial charge in [-0.3, -0.25) is 9.59 Å². The van der Waals surface area contributed by atoms with Crippen LogP contribution in [-0.4, -0.2) is 79.5 Å². The number of piperidine rings is 1. The third-order valence-corrected chi connectivity index (χ3v) is 8.25. The van der Waals surface area contributed by atoms with Crippen molar-refractivity contribution in [2.75, 3.05) is 24.5 Å². The first kappa shape index (κ1) is 31.2. The monoisotopic (exact) mass is 604 g/mol. The summed E-state index contributed by atoms with van der Waals surface area (Å²) in [5.41, 5.74) is 1.46. The van der Waals surface area contributed by atoms with Crippen LogP contribution >= 0.6 is 0 Å². The summed E-state index contributed by atoms with van der Waals surface area (Å²) in [6.45, 7) is 12.2. The minimum atomic E-state index is -1.15. The largest absolute Gasteiger partial charge is 0.444 e. The highest BCUT2D eigenvalue weighted by molar-refractivity contribution is 6.06. The Hall–Kier alpha value is -4.28. The van der Waals surface area contributed by atoms with Crippen LogP contribution in [0.25, 0.3) is 5.69 Å². The fraction of sp³-hybridized carbons (Fsp3) is 0.485. The number of halogens is 1. The van der Waals surface area contributed by atoms with Gasteiger partial charge >= 0.3 is 6.09 Å². The van der Waals surface area contributed by atoms with Gasteiger partial charge in [0.2, 0.25) is 0 Å². The first-order valence-corrected chi connectivity index (χ1v) is 15.2. The fourth-order valence-corrected chi connectivity index (χ4v) is 5.93. The number of rotatable bonds is 5. The first-order chi connectivity index (χ1) is 20.7. The van der Waals surface area contributed by atoms with Gasteiger partial charge in [-0.1, -0.05) is 11.3 Å². The highest BCUT2D eigenvalue weighted by Crippen LogP contribution is 2.30. The zero-order valence-corrected chi connectivity index (χ0v) is 26.3. The van der Waals surface area contributed by atoms with Gasteiger partial charge in [-0.05, 0) is 103 Å². The third-order valence-electron chi connectivity index (χ3n) is 8.25. The van der Waals surface area contributed by atoms with Crippen LogP contribution in [0.3, 0.4) is 0 Å². The van der Waals surface area contributed by atoms with Crippen LogP contribution < -0.4 is 4.90 Å². The number of aryl methyl sites for hydroxylation is 1. The maximum absolute atomic E-state index is 14.1. The molecular weight excluding hydrogens is 563 g/mol. The number of ether oxygens (including phenoxy) is 1. The molecule has 1 atom stereocenters. The van der Waals surface area contributed by atoms with Crippen molar-refractivity contribution in [2.45, 2.75) is 84.4 Å². The van der Waals surface area contributed by atoms with Crippen LogP contribution in [0.5, 0.6) is 0 Å². The molecule has 0 radical (unpaired) electrons. The molecule has 0 bridgehead atoms. The molecule has 3 aromatic rings. The Labute approximate surface area is 257 Å². The highest BCUT2D eigenvalue weighted by atomic mass is 19.1. The van der Waals surface area contributed by atoms with Crippen molar-refractivity contribution >= 4 is 23.6 Å². The van der Waals surface area contributed by atoms with Gasteiger partial charge < -0.3 is 19.4 Å². The predicted molar refractivity (Wildman–Crippen MR) is 164 cm³/mol. The molecule has 44 heavy (non-hydrogen) atoms. The van der Waals surface area contributed by atoms with Gasteiger partial charge in [0.1, 0.15) is 17.0 Å². The Morgan fingerprint density at radius 3 is 2.48 bits per heavy atom. The predicted octanol–water partition coefficient (Wildman–Crippen LogP) is 5.31. The molecular formula is C33H41FN6O4. The van der Waals surface area contributed by atoms with E-state index in [0.29, 0.717) is 42.1 Å². The number of amides is 3. The van der Waals surface area contributed by atoms with Crippen molar-refractivity contribution in [3.63, 3.8) is 0 Å². The average Bonchev–Trinajstić information content (AvgIpc) is 3.42. The molecule has 3 heterocycles. The van der Waals surface area contributed by atoms with Crippen LogP contribution in [0.1, 0.15) is 75.5 Å². The number of hydrogen-bond donors (Lipinski definition) is 0. The van der Waals surface area contributed by atoms with Gasteiger partial charge in [0.25, 0.3) is 11.8 Å². The molecule has 2 aliphatic rings. The Morgan fingerprint density at radius 2 is 1.77 bits per heavy atom. The van der Waals surface area contributed by atoms with E-state index in [1.165, 1.54) is 12.1 Å². The van der Waals surface area contributed by atoms with Crippen molar-refractivity contribution in [1.29, 1.82) is 0 Å². The van der Waals surface area contributed by atoms with E-state index < -0.39 is 11.1 Å². The van der Waals surface area contributed by atoms with Crippen LogP contribution in [0.4, 0.5) is 14.9 Å². The van der Waals surface area contributed by atoms with E-state index in [-0.39, 0.29) is 36.3 Å². The van der Waals surface area contributed by atoms with Gasteiger partial charge in [-0.25, -0.2) is 13.9 Å². The van der Waals surface area contributed by atoms with Crippen molar-refractivity contribution in [2.24, 2.45) is 0 Å². The summed E-state index contributed by atoms with van der Waals surface area (Å²) in [6, 6.07) is 11.2. The van der Waals surface area contributed by atoms with Crippen molar-refractivity contribution in [1.82, 2.24) is 24.8 Å². The molecule has 11 heteroatoms. The molecule has 0 N–H and O–H groups in total. The van der Waals surface area contributed by atoms with Gasteiger partial charge in [0.05, 0.1) is 23.1 Å². The summed E-state index contributed by atoms with van der Waals surface area (Å²) in [5, 5.41) is 8.79. The molecule has 0 spiro atoms. The molecule has 2 fully saturated rings. The lowest BCUT2D eigenvalue weighted by atomic mass is 9.95. The molecule has 1 unspecified atom stereocenters. The topological polar surface area (TPSA) is 101 Å². The number of benzene rings is 2. The minimum Gasteiger partial charge on any atom is -0.444 e. The van der Waals surface area contributed by atoms with E-state index in [2.05, 4.69) is 10.3 Å². The lowest BCUT2D eigenvalue weighted by molar-refractivity contribution is -0.129. The van der Waals surface area contributed by atoms with Crippen molar-refractivity contribution < 1.29 is 23.5 Å². The zero-order chi connectivity index (χ0) is 31.8. The number of carbonyl (C=O) groups is 3. The zero-order valence-electron chi connectivity index (χ0n) is 26.3. The van der Waals surface area contributed by atoms with Crippen molar-refractivity contribution in [3.8, 4) is 5.69 Å². The van der Waals surface area contributed by atoms with E-state index in [1.54, 1.807) is 57.6 Å². The Balaban J connectivity index is 1.37. The lowest BCUT2D eigenvalue weighted by Crippen LogP contribution is -2.64. The van der Waals surface area contributed by atoms with E-state index in [1.807, 2.05) is 39.8 Å². The SMILES string of the molecule is Cc1ccc(C(=O)N2CCN(c3ccc(F)cc3)C(=O)C2(C)C)c(-n2cc(CC3CCCCN3C(=O)OC(C)(C)C)nn2)c1. The van der Waals surface area contributed by atoms with Crippen LogP contribution in [0.15, 0.2) is 48.7 Å². The summed E-state index contributed by atoms with van der Waals surface area (Å²) >= 11 is 0. The van der Waals surface area contributed by atoms with Gasteiger partial charge in [0.15, 0.2) is 0 Å². The van der Waals surface area contributed by atoms with E-state index in [9.17, 15) is 18.8 Å². The Morgan fingerprint density at radius 1 is 1.05 bits per heavy atom.